The summed E-state index contributed by atoms with van der Waals surface area (Å²) in [5.74, 6) is -1.41. The molecule has 1 aliphatic heterocycles. The molecule has 0 aromatic heterocycles. The highest BCUT2D eigenvalue weighted by atomic mass is 32.2. The van der Waals surface area contributed by atoms with Crippen LogP contribution >= 0.6 is 0 Å². The van der Waals surface area contributed by atoms with E-state index in [4.69, 9.17) is 15.8 Å². The van der Waals surface area contributed by atoms with E-state index in [0.29, 0.717) is 25.7 Å². The van der Waals surface area contributed by atoms with Gasteiger partial charge in [0, 0.05) is 27.2 Å². The van der Waals surface area contributed by atoms with E-state index in [0.717, 1.165) is 4.31 Å². The molecule has 0 aliphatic carbocycles. The van der Waals surface area contributed by atoms with Gasteiger partial charge in [0.05, 0.1) is 0 Å². The van der Waals surface area contributed by atoms with Gasteiger partial charge in [0.15, 0.2) is 0 Å². The number of carboxylic acids is 1. The lowest BCUT2D eigenvalue weighted by Crippen LogP contribution is -2.57. The molecule has 0 aromatic carbocycles. The molecule has 140 valence electrons. The number of carbonyl (C=O) groups is 1. The fourth-order valence-corrected chi connectivity index (χ4v) is 4.20. The number of piperidine rings is 1. The van der Waals surface area contributed by atoms with Crippen molar-refractivity contribution in [3.8, 4) is 0 Å². The SMILES string of the molecule is CN(C)S(=O)(=O)N1CCC(C(N)(CCCCB(O)O)C(=O)O)CC1. The Morgan fingerprint density at radius 2 is 1.83 bits per heavy atom. The van der Waals surface area contributed by atoms with Crippen molar-refractivity contribution in [2.75, 3.05) is 27.2 Å². The summed E-state index contributed by atoms with van der Waals surface area (Å²) in [6.07, 6.45) is 2.11. The van der Waals surface area contributed by atoms with Crippen LogP contribution in [-0.2, 0) is 15.0 Å². The summed E-state index contributed by atoms with van der Waals surface area (Å²) < 4.78 is 26.7. The summed E-state index contributed by atoms with van der Waals surface area (Å²) in [7, 11) is -1.98. The van der Waals surface area contributed by atoms with Crippen molar-refractivity contribution in [1.82, 2.24) is 8.61 Å². The summed E-state index contributed by atoms with van der Waals surface area (Å²) in [5.41, 5.74) is 4.72. The zero-order valence-electron chi connectivity index (χ0n) is 14.3. The van der Waals surface area contributed by atoms with Crippen LogP contribution in [0, 0.1) is 5.92 Å². The molecule has 9 nitrogen and oxygen atoms in total. The number of nitrogens with zero attached hydrogens (tertiary/aromatic N) is 2. The maximum absolute atomic E-state index is 12.1. The van der Waals surface area contributed by atoms with Gasteiger partial charge < -0.3 is 20.9 Å². The Morgan fingerprint density at radius 1 is 1.29 bits per heavy atom. The Hall–Kier alpha value is -0.715. The number of unbranched alkanes of at least 4 members (excludes halogenated alkanes) is 1. The summed E-state index contributed by atoms with van der Waals surface area (Å²) in [6.45, 7) is 0.486. The van der Waals surface area contributed by atoms with Crippen LogP contribution in [0.3, 0.4) is 0 Å². The minimum absolute atomic E-state index is 0.176. The topological polar surface area (TPSA) is 144 Å². The molecule has 11 heteroatoms. The molecule has 0 saturated carbocycles. The number of nitrogens with two attached hydrogens (primary N) is 1. The smallest absolute Gasteiger partial charge is 0.451 e. The summed E-state index contributed by atoms with van der Waals surface area (Å²) in [5, 5.41) is 27.2. The summed E-state index contributed by atoms with van der Waals surface area (Å²) in [6, 6.07) is 0. The first-order valence-corrected chi connectivity index (χ1v) is 9.47. The van der Waals surface area contributed by atoms with Gasteiger partial charge in [-0.05, 0) is 31.5 Å². The van der Waals surface area contributed by atoms with Crippen molar-refractivity contribution in [2.45, 2.75) is 44.0 Å². The molecule has 24 heavy (non-hydrogen) atoms. The van der Waals surface area contributed by atoms with Crippen molar-refractivity contribution >= 4 is 23.3 Å². The Balaban J connectivity index is 2.67. The molecule has 1 fully saturated rings. The monoisotopic (exact) mass is 365 g/mol. The Morgan fingerprint density at radius 3 is 2.25 bits per heavy atom. The lowest BCUT2D eigenvalue weighted by atomic mass is 9.74. The van der Waals surface area contributed by atoms with E-state index in [1.807, 2.05) is 0 Å². The van der Waals surface area contributed by atoms with Gasteiger partial charge in [-0.3, -0.25) is 4.79 Å². The largest absolute Gasteiger partial charge is 0.480 e. The second-order valence-corrected chi connectivity index (χ2v) is 8.68. The molecule has 0 aromatic rings. The minimum atomic E-state index is -3.50. The highest BCUT2D eigenvalue weighted by Gasteiger charge is 2.44. The maximum atomic E-state index is 12.1. The molecule has 1 heterocycles. The first-order chi connectivity index (χ1) is 11.0. The minimum Gasteiger partial charge on any atom is -0.480 e. The van der Waals surface area contributed by atoms with Crippen LogP contribution < -0.4 is 5.73 Å². The van der Waals surface area contributed by atoms with E-state index < -0.39 is 28.8 Å². The fourth-order valence-electron chi connectivity index (χ4n) is 3.06. The second kappa shape index (κ2) is 8.59. The van der Waals surface area contributed by atoms with E-state index in [9.17, 15) is 18.3 Å². The lowest BCUT2D eigenvalue weighted by Gasteiger charge is -2.40. The predicted molar refractivity (Wildman–Crippen MR) is 90.3 cm³/mol. The van der Waals surface area contributed by atoms with E-state index in [1.165, 1.54) is 18.4 Å². The van der Waals surface area contributed by atoms with Gasteiger partial charge in [0.2, 0.25) is 0 Å². The average molecular weight is 365 g/mol. The van der Waals surface area contributed by atoms with Gasteiger partial charge in [0.25, 0.3) is 10.2 Å². The number of aliphatic carboxylic acids is 1. The zero-order chi connectivity index (χ0) is 18.5. The van der Waals surface area contributed by atoms with Gasteiger partial charge >= 0.3 is 13.1 Å². The summed E-state index contributed by atoms with van der Waals surface area (Å²) in [4.78, 5) is 11.7. The van der Waals surface area contributed by atoms with Gasteiger partial charge in [-0.1, -0.05) is 12.8 Å². The molecule has 1 aliphatic rings. The number of carboxylic acid groups (broad SMARTS) is 1. The van der Waals surface area contributed by atoms with E-state index in [2.05, 4.69) is 0 Å². The number of hydrogen-bond acceptors (Lipinski definition) is 6. The van der Waals surface area contributed by atoms with Crippen LogP contribution in [0.25, 0.3) is 0 Å². The molecular weight excluding hydrogens is 337 g/mol. The van der Waals surface area contributed by atoms with Crippen LogP contribution in [0.4, 0.5) is 0 Å². The molecule has 1 saturated heterocycles. The van der Waals surface area contributed by atoms with Crippen LogP contribution in [0.1, 0.15) is 32.1 Å². The molecule has 0 bridgehead atoms. The number of hydrogen-bond donors (Lipinski definition) is 4. The van der Waals surface area contributed by atoms with Crippen molar-refractivity contribution < 1.29 is 28.4 Å². The van der Waals surface area contributed by atoms with Crippen LogP contribution in [-0.4, -0.2) is 78.0 Å². The lowest BCUT2D eigenvalue weighted by molar-refractivity contribution is -0.146. The van der Waals surface area contributed by atoms with Gasteiger partial charge in [-0.2, -0.15) is 17.0 Å². The molecule has 0 amide bonds. The first kappa shape index (κ1) is 21.3. The van der Waals surface area contributed by atoms with Crippen molar-refractivity contribution in [1.29, 1.82) is 0 Å². The molecule has 1 unspecified atom stereocenters. The normalized spacial score (nSPS) is 20.1. The van der Waals surface area contributed by atoms with Crippen molar-refractivity contribution in [3.05, 3.63) is 0 Å². The van der Waals surface area contributed by atoms with Gasteiger partial charge in [-0.15, -0.1) is 0 Å². The molecule has 5 N–H and O–H groups in total. The van der Waals surface area contributed by atoms with Gasteiger partial charge in [-0.25, -0.2) is 0 Å². The van der Waals surface area contributed by atoms with Gasteiger partial charge in [0.1, 0.15) is 5.54 Å². The van der Waals surface area contributed by atoms with E-state index in [1.54, 1.807) is 0 Å². The standard InChI is InChI=1S/C13H28BN3O6S/c1-16(2)24(22,23)17-9-5-11(6-10-17)13(15,12(18)19)7-3-4-8-14(20)21/h11,20-21H,3-10,15H2,1-2H3,(H,18,19). The highest BCUT2D eigenvalue weighted by molar-refractivity contribution is 7.86. The zero-order valence-corrected chi connectivity index (χ0v) is 15.1. The third kappa shape index (κ3) is 5.14. The molecule has 0 spiro atoms. The molecular formula is C13H28BN3O6S. The second-order valence-electron chi connectivity index (χ2n) is 6.54. The van der Waals surface area contributed by atoms with E-state index >= 15 is 0 Å². The van der Waals surface area contributed by atoms with Crippen molar-refractivity contribution in [3.63, 3.8) is 0 Å². The third-order valence-corrected chi connectivity index (χ3v) is 6.61. The average Bonchev–Trinajstić information content (AvgIpc) is 2.50. The predicted octanol–water partition coefficient (Wildman–Crippen LogP) is -1.07. The molecule has 0 radical (unpaired) electrons. The Bertz CT molecular complexity index is 522. The quantitative estimate of drug-likeness (QED) is 0.301. The van der Waals surface area contributed by atoms with Crippen LogP contribution in [0.2, 0.25) is 6.32 Å². The van der Waals surface area contributed by atoms with Crippen LogP contribution in [0.5, 0.6) is 0 Å². The fraction of sp³-hybridized carbons (Fsp3) is 0.923. The first-order valence-electron chi connectivity index (χ1n) is 8.08. The number of rotatable bonds is 9. The third-order valence-electron chi connectivity index (χ3n) is 4.67. The Kier molecular flexibility index (Phi) is 7.63. The molecule has 1 atom stereocenters. The maximum Gasteiger partial charge on any atom is 0.451 e. The van der Waals surface area contributed by atoms with Crippen LogP contribution in [0.15, 0.2) is 0 Å². The summed E-state index contributed by atoms with van der Waals surface area (Å²) >= 11 is 0. The highest BCUT2D eigenvalue weighted by Crippen LogP contribution is 2.32. The Labute approximate surface area is 143 Å². The van der Waals surface area contributed by atoms with Crippen molar-refractivity contribution in [2.24, 2.45) is 11.7 Å². The molecule has 1 rings (SSSR count). The van der Waals surface area contributed by atoms with E-state index in [-0.39, 0.29) is 31.7 Å².